The Morgan fingerprint density at radius 1 is 1.19 bits per heavy atom. The quantitative estimate of drug-likeness (QED) is 0.785. The number of hydrogen-bond donors (Lipinski definition) is 0. The van der Waals surface area contributed by atoms with E-state index < -0.39 is 0 Å². The van der Waals surface area contributed by atoms with E-state index in [0.29, 0.717) is 24.4 Å². The van der Waals surface area contributed by atoms with Crippen LogP contribution in [0, 0.1) is 5.41 Å². The molecule has 3 aliphatic rings. The standard InChI is InChI=1S/C19H30N4O2S/c1-26-13-16-20-17(25-21-16)12-22-11-9-19(14-22)8-5-10-23(18(19)24)15-6-3-2-4-7-15/h15H,2-14H2,1H3/t19-/m1/s1. The third-order valence-electron chi connectivity index (χ3n) is 6.36. The number of likely N-dealkylation sites (tertiary alicyclic amines) is 2. The van der Waals surface area contributed by atoms with Gasteiger partial charge in [0.25, 0.3) is 0 Å². The molecule has 2 aliphatic heterocycles. The van der Waals surface area contributed by atoms with Gasteiger partial charge in [0.15, 0.2) is 5.82 Å². The van der Waals surface area contributed by atoms with Crippen LogP contribution < -0.4 is 0 Å². The largest absolute Gasteiger partial charge is 0.339 e. The van der Waals surface area contributed by atoms with Crippen LogP contribution in [0.1, 0.15) is 63.1 Å². The van der Waals surface area contributed by atoms with E-state index in [9.17, 15) is 4.79 Å². The van der Waals surface area contributed by atoms with Crippen LogP contribution in [0.5, 0.6) is 0 Å². The highest BCUT2D eigenvalue weighted by Gasteiger charge is 2.49. The van der Waals surface area contributed by atoms with E-state index in [2.05, 4.69) is 19.9 Å². The molecule has 1 spiro atoms. The molecule has 0 N–H and O–H groups in total. The zero-order valence-electron chi connectivity index (χ0n) is 15.8. The molecule has 144 valence electrons. The van der Waals surface area contributed by atoms with E-state index in [1.54, 1.807) is 11.8 Å². The average Bonchev–Trinajstić information content (AvgIpc) is 3.27. The Kier molecular flexibility index (Phi) is 5.55. The van der Waals surface area contributed by atoms with Gasteiger partial charge in [-0.25, -0.2) is 0 Å². The van der Waals surface area contributed by atoms with Crippen molar-refractivity contribution in [2.24, 2.45) is 5.41 Å². The summed E-state index contributed by atoms with van der Waals surface area (Å²) in [7, 11) is 0. The summed E-state index contributed by atoms with van der Waals surface area (Å²) in [5.41, 5.74) is -0.169. The van der Waals surface area contributed by atoms with Crippen LogP contribution in [0.2, 0.25) is 0 Å². The van der Waals surface area contributed by atoms with Crippen LogP contribution in [0.15, 0.2) is 4.52 Å². The first-order valence-corrected chi connectivity index (χ1v) is 11.4. The second kappa shape index (κ2) is 7.89. The molecule has 2 saturated heterocycles. The highest BCUT2D eigenvalue weighted by molar-refractivity contribution is 7.97. The molecule has 0 radical (unpaired) electrons. The third kappa shape index (κ3) is 3.65. The molecular weight excluding hydrogens is 348 g/mol. The Balaban J connectivity index is 1.39. The van der Waals surface area contributed by atoms with Crippen molar-refractivity contribution < 1.29 is 9.32 Å². The lowest BCUT2D eigenvalue weighted by molar-refractivity contribution is -0.149. The van der Waals surface area contributed by atoms with Gasteiger partial charge in [-0.3, -0.25) is 9.69 Å². The van der Waals surface area contributed by atoms with E-state index in [0.717, 1.165) is 50.5 Å². The minimum atomic E-state index is -0.169. The van der Waals surface area contributed by atoms with Gasteiger partial charge >= 0.3 is 0 Å². The first-order chi connectivity index (χ1) is 12.7. The fourth-order valence-electron chi connectivity index (χ4n) is 5.05. The van der Waals surface area contributed by atoms with Crippen LogP contribution in [-0.2, 0) is 17.1 Å². The van der Waals surface area contributed by atoms with Gasteiger partial charge < -0.3 is 9.42 Å². The lowest BCUT2D eigenvalue weighted by Gasteiger charge is -2.44. The minimum Gasteiger partial charge on any atom is -0.339 e. The molecular formula is C19H30N4O2S. The Morgan fingerprint density at radius 3 is 2.85 bits per heavy atom. The number of carbonyl (C=O) groups excluding carboxylic acids is 1. The van der Waals surface area contributed by atoms with E-state index in [-0.39, 0.29) is 5.41 Å². The maximum Gasteiger partial charge on any atom is 0.240 e. The highest BCUT2D eigenvalue weighted by Crippen LogP contribution is 2.42. The number of rotatable bonds is 5. The molecule has 1 atom stereocenters. The summed E-state index contributed by atoms with van der Waals surface area (Å²) in [5.74, 6) is 2.64. The van der Waals surface area contributed by atoms with Crippen LogP contribution in [0.4, 0.5) is 0 Å². The lowest BCUT2D eigenvalue weighted by atomic mass is 9.77. The molecule has 3 heterocycles. The summed E-state index contributed by atoms with van der Waals surface area (Å²) in [6.45, 7) is 3.42. The first kappa shape index (κ1) is 18.3. The summed E-state index contributed by atoms with van der Waals surface area (Å²) in [6.07, 6.45) is 11.5. The maximum atomic E-state index is 13.4. The Hall–Kier alpha value is -1.08. The molecule has 4 rings (SSSR count). The number of aromatic nitrogens is 2. The fraction of sp³-hybridized carbons (Fsp3) is 0.842. The summed E-state index contributed by atoms with van der Waals surface area (Å²) in [6, 6.07) is 0.493. The number of nitrogens with zero attached hydrogens (tertiary/aromatic N) is 4. The van der Waals surface area contributed by atoms with Gasteiger partial charge in [0.1, 0.15) is 0 Å². The first-order valence-electron chi connectivity index (χ1n) is 10.0. The monoisotopic (exact) mass is 378 g/mol. The van der Waals surface area contributed by atoms with E-state index in [1.807, 2.05) is 6.26 Å². The number of hydrogen-bond acceptors (Lipinski definition) is 6. The predicted octanol–water partition coefficient (Wildman–Crippen LogP) is 3.08. The Labute approximate surface area is 160 Å². The van der Waals surface area contributed by atoms with Gasteiger partial charge in [0.2, 0.25) is 11.8 Å². The van der Waals surface area contributed by atoms with Crippen LogP contribution in [0.25, 0.3) is 0 Å². The molecule has 1 saturated carbocycles. The normalized spacial score (nSPS) is 28.3. The molecule has 26 heavy (non-hydrogen) atoms. The predicted molar refractivity (Wildman–Crippen MR) is 102 cm³/mol. The number of carbonyl (C=O) groups is 1. The molecule has 1 amide bonds. The zero-order valence-corrected chi connectivity index (χ0v) is 16.6. The van der Waals surface area contributed by atoms with E-state index in [4.69, 9.17) is 4.52 Å². The van der Waals surface area contributed by atoms with Gasteiger partial charge in [-0.15, -0.1) is 0 Å². The van der Waals surface area contributed by atoms with Crippen molar-refractivity contribution in [2.75, 3.05) is 25.9 Å². The smallest absolute Gasteiger partial charge is 0.240 e. The van der Waals surface area contributed by atoms with Crippen LogP contribution in [-0.4, -0.2) is 57.8 Å². The van der Waals surface area contributed by atoms with Crippen molar-refractivity contribution in [3.63, 3.8) is 0 Å². The van der Waals surface area contributed by atoms with Gasteiger partial charge in [-0.2, -0.15) is 16.7 Å². The molecule has 0 aromatic carbocycles. The van der Waals surface area contributed by atoms with Gasteiger partial charge in [0.05, 0.1) is 17.7 Å². The molecule has 6 nitrogen and oxygen atoms in total. The topological polar surface area (TPSA) is 62.5 Å². The van der Waals surface area contributed by atoms with Gasteiger partial charge in [-0.05, 0) is 44.9 Å². The second-order valence-electron chi connectivity index (χ2n) is 8.17. The molecule has 1 aliphatic carbocycles. The summed E-state index contributed by atoms with van der Waals surface area (Å²) in [4.78, 5) is 22.4. The summed E-state index contributed by atoms with van der Waals surface area (Å²) in [5, 5.41) is 4.03. The minimum absolute atomic E-state index is 0.169. The van der Waals surface area contributed by atoms with Gasteiger partial charge in [0, 0.05) is 19.1 Å². The van der Waals surface area contributed by atoms with Crippen molar-refractivity contribution in [3.05, 3.63) is 11.7 Å². The third-order valence-corrected chi connectivity index (χ3v) is 6.91. The van der Waals surface area contributed by atoms with Crippen LogP contribution in [0.3, 0.4) is 0 Å². The molecule has 0 bridgehead atoms. The summed E-state index contributed by atoms with van der Waals surface area (Å²) >= 11 is 1.69. The zero-order chi connectivity index (χ0) is 18.0. The number of piperidine rings is 1. The molecule has 1 aromatic heterocycles. The van der Waals surface area contributed by atoms with Crippen molar-refractivity contribution in [3.8, 4) is 0 Å². The second-order valence-corrected chi connectivity index (χ2v) is 9.04. The molecule has 1 aromatic rings. The van der Waals surface area contributed by atoms with E-state index in [1.165, 1.54) is 32.1 Å². The summed E-state index contributed by atoms with van der Waals surface area (Å²) < 4.78 is 5.39. The van der Waals surface area contributed by atoms with Crippen molar-refractivity contribution in [2.45, 2.75) is 69.7 Å². The van der Waals surface area contributed by atoms with Crippen molar-refractivity contribution in [1.82, 2.24) is 19.9 Å². The average molecular weight is 379 g/mol. The van der Waals surface area contributed by atoms with Crippen molar-refractivity contribution in [1.29, 1.82) is 0 Å². The molecule has 7 heteroatoms. The van der Waals surface area contributed by atoms with Gasteiger partial charge in [-0.1, -0.05) is 24.4 Å². The fourth-order valence-corrected chi connectivity index (χ4v) is 5.42. The number of amides is 1. The lowest BCUT2D eigenvalue weighted by Crippen LogP contribution is -2.54. The molecule has 3 fully saturated rings. The van der Waals surface area contributed by atoms with Crippen molar-refractivity contribution >= 4 is 17.7 Å². The van der Waals surface area contributed by atoms with Crippen LogP contribution >= 0.6 is 11.8 Å². The number of thioether (sulfide) groups is 1. The maximum absolute atomic E-state index is 13.4. The SMILES string of the molecule is CSCc1noc(CN2CC[C@]3(CCCN(C4CCCCC4)C3=O)C2)n1. The Morgan fingerprint density at radius 2 is 2.04 bits per heavy atom. The Bertz CT molecular complexity index is 631. The highest BCUT2D eigenvalue weighted by atomic mass is 32.2. The van der Waals surface area contributed by atoms with E-state index >= 15 is 0 Å². The molecule has 0 unspecified atom stereocenters.